The number of carbonyl (C=O) groups excluding carboxylic acids is 2. The molecule has 0 unspecified atom stereocenters. The zero-order valence-corrected chi connectivity index (χ0v) is 18.9. The second-order valence-corrected chi connectivity index (χ2v) is 9.28. The molecule has 2 aliphatic rings. The van der Waals surface area contributed by atoms with E-state index in [9.17, 15) is 14.7 Å². The standard InChI is InChI=1S/C23H23BrN4O3/c1-23-12-17-16-11-14(24)6-7-18(16)26-19(17)20(13-4-3-5-15(29)10-13)28(23)22(31)27(21(23)30)9-8-25-2/h3-7,10-11,20,25-26,29H,8-9,12H2,1-2H3/t20-,23+/m1/s1. The number of likely N-dealkylation sites (N-methyl/N-ethyl adjacent to an activating group) is 1. The van der Waals surface area contributed by atoms with Crippen molar-refractivity contribution in [3.63, 3.8) is 0 Å². The van der Waals surface area contributed by atoms with E-state index in [1.807, 2.05) is 31.2 Å². The number of nitrogens with zero attached hydrogens (tertiary/aromatic N) is 2. The average Bonchev–Trinajstić information content (AvgIpc) is 3.17. The van der Waals surface area contributed by atoms with Crippen molar-refractivity contribution in [1.82, 2.24) is 20.1 Å². The van der Waals surface area contributed by atoms with Gasteiger partial charge in [-0.1, -0.05) is 28.1 Å². The summed E-state index contributed by atoms with van der Waals surface area (Å²) >= 11 is 3.55. The molecule has 1 saturated heterocycles. The number of aromatic amines is 1. The molecule has 3 aromatic rings. The fourth-order valence-corrected chi connectivity index (χ4v) is 5.31. The van der Waals surface area contributed by atoms with Gasteiger partial charge in [-0.3, -0.25) is 14.6 Å². The number of aromatic nitrogens is 1. The maximum Gasteiger partial charge on any atom is 0.328 e. The summed E-state index contributed by atoms with van der Waals surface area (Å²) in [5, 5.41) is 14.2. The minimum Gasteiger partial charge on any atom is -0.508 e. The molecule has 5 rings (SSSR count). The normalized spacial score (nSPS) is 22.9. The zero-order valence-electron chi connectivity index (χ0n) is 17.3. The molecule has 3 heterocycles. The van der Waals surface area contributed by atoms with Crippen LogP contribution in [0.1, 0.15) is 29.8 Å². The highest BCUT2D eigenvalue weighted by molar-refractivity contribution is 9.10. The summed E-state index contributed by atoms with van der Waals surface area (Å²) in [5.41, 5.74) is 2.61. The van der Waals surface area contributed by atoms with E-state index in [1.54, 1.807) is 30.1 Å². The van der Waals surface area contributed by atoms with Crippen molar-refractivity contribution < 1.29 is 14.7 Å². The Morgan fingerprint density at radius 2 is 2.06 bits per heavy atom. The lowest BCUT2D eigenvalue weighted by atomic mass is 9.81. The summed E-state index contributed by atoms with van der Waals surface area (Å²) in [5.74, 6) is -0.0666. The van der Waals surface area contributed by atoms with Crippen LogP contribution in [-0.4, -0.2) is 57.5 Å². The Kier molecular flexibility index (Phi) is 4.60. The first-order chi connectivity index (χ1) is 14.8. The van der Waals surface area contributed by atoms with E-state index in [0.717, 1.165) is 32.2 Å². The monoisotopic (exact) mass is 482 g/mol. The molecule has 3 amide bonds. The van der Waals surface area contributed by atoms with E-state index in [2.05, 4.69) is 26.2 Å². The number of halogens is 1. The van der Waals surface area contributed by atoms with E-state index >= 15 is 0 Å². The van der Waals surface area contributed by atoms with E-state index < -0.39 is 11.6 Å². The van der Waals surface area contributed by atoms with E-state index in [0.29, 0.717) is 19.5 Å². The number of urea groups is 1. The number of hydrogen-bond acceptors (Lipinski definition) is 4. The number of fused-ring (bicyclic) bond motifs is 4. The molecule has 2 aliphatic heterocycles. The number of phenolic OH excluding ortho intramolecular Hbond substituents is 1. The molecule has 160 valence electrons. The summed E-state index contributed by atoms with van der Waals surface area (Å²) in [7, 11) is 1.80. The summed E-state index contributed by atoms with van der Waals surface area (Å²) in [4.78, 5) is 33.6. The van der Waals surface area contributed by atoms with Gasteiger partial charge in [-0.2, -0.15) is 0 Å². The van der Waals surface area contributed by atoms with Gasteiger partial charge in [0, 0.05) is 40.6 Å². The van der Waals surface area contributed by atoms with Crippen LogP contribution in [0, 0.1) is 0 Å². The Bertz CT molecular complexity index is 1220. The Labute approximate surface area is 188 Å². The van der Waals surface area contributed by atoms with Crippen LogP contribution in [0.4, 0.5) is 4.79 Å². The summed E-state index contributed by atoms with van der Waals surface area (Å²) in [6.45, 7) is 2.69. The van der Waals surface area contributed by atoms with Crippen LogP contribution >= 0.6 is 15.9 Å². The van der Waals surface area contributed by atoms with Gasteiger partial charge in [-0.25, -0.2) is 4.79 Å². The molecule has 1 fully saturated rings. The third kappa shape index (κ3) is 2.89. The van der Waals surface area contributed by atoms with Gasteiger partial charge < -0.3 is 15.4 Å². The van der Waals surface area contributed by atoms with Crippen molar-refractivity contribution >= 4 is 38.8 Å². The number of hydrogen-bond donors (Lipinski definition) is 3. The maximum atomic E-state index is 13.5. The van der Waals surface area contributed by atoms with Crippen molar-refractivity contribution in [2.75, 3.05) is 20.1 Å². The molecule has 31 heavy (non-hydrogen) atoms. The smallest absolute Gasteiger partial charge is 0.328 e. The third-order valence-corrected chi connectivity index (χ3v) is 6.89. The molecule has 0 radical (unpaired) electrons. The van der Waals surface area contributed by atoms with Crippen molar-refractivity contribution in [3.05, 3.63) is 63.8 Å². The van der Waals surface area contributed by atoms with Crippen molar-refractivity contribution in [1.29, 1.82) is 0 Å². The quantitative estimate of drug-likeness (QED) is 0.496. The van der Waals surface area contributed by atoms with Gasteiger partial charge in [-0.15, -0.1) is 0 Å². The van der Waals surface area contributed by atoms with Crippen molar-refractivity contribution in [3.8, 4) is 5.75 Å². The van der Waals surface area contributed by atoms with Gasteiger partial charge in [0.25, 0.3) is 5.91 Å². The zero-order chi connectivity index (χ0) is 21.9. The number of benzene rings is 2. The lowest BCUT2D eigenvalue weighted by Gasteiger charge is -2.42. The molecular weight excluding hydrogens is 460 g/mol. The second kappa shape index (κ2) is 7.10. The predicted molar refractivity (Wildman–Crippen MR) is 121 cm³/mol. The number of nitrogens with one attached hydrogen (secondary N) is 2. The highest BCUT2D eigenvalue weighted by Gasteiger charge is 2.60. The van der Waals surface area contributed by atoms with Crippen LogP contribution in [-0.2, 0) is 11.2 Å². The molecule has 8 heteroatoms. The Balaban J connectivity index is 1.75. The van der Waals surface area contributed by atoms with Gasteiger partial charge >= 0.3 is 6.03 Å². The molecule has 3 N–H and O–H groups in total. The molecular formula is C23H23BrN4O3. The second-order valence-electron chi connectivity index (χ2n) is 8.37. The molecule has 2 atom stereocenters. The fraction of sp³-hybridized carbons (Fsp3) is 0.304. The van der Waals surface area contributed by atoms with Gasteiger partial charge in [0.1, 0.15) is 17.3 Å². The first-order valence-corrected chi connectivity index (χ1v) is 11.0. The topological polar surface area (TPSA) is 88.7 Å². The van der Waals surface area contributed by atoms with Gasteiger partial charge in [0.05, 0.1) is 0 Å². The Morgan fingerprint density at radius 1 is 1.26 bits per heavy atom. The van der Waals surface area contributed by atoms with Crippen LogP contribution < -0.4 is 5.32 Å². The van der Waals surface area contributed by atoms with Crippen LogP contribution in [0.3, 0.4) is 0 Å². The molecule has 1 aromatic heterocycles. The maximum absolute atomic E-state index is 13.5. The largest absolute Gasteiger partial charge is 0.508 e. The number of carbonyl (C=O) groups is 2. The van der Waals surface area contributed by atoms with Crippen molar-refractivity contribution in [2.24, 2.45) is 0 Å². The van der Waals surface area contributed by atoms with Gasteiger partial charge in [-0.05, 0) is 55.4 Å². The Morgan fingerprint density at radius 3 is 2.81 bits per heavy atom. The third-order valence-electron chi connectivity index (χ3n) is 6.40. The SMILES string of the molecule is CNCCN1C(=O)N2[C@H](c3cccc(O)c3)c3[nH]c4ccc(Br)cc4c3C[C@@]2(C)C1=O. The van der Waals surface area contributed by atoms with Crippen molar-refractivity contribution in [2.45, 2.75) is 24.9 Å². The van der Waals surface area contributed by atoms with Gasteiger partial charge in [0.2, 0.25) is 0 Å². The number of imide groups is 1. The van der Waals surface area contributed by atoms with E-state index in [4.69, 9.17) is 0 Å². The van der Waals surface area contributed by atoms with E-state index in [-0.39, 0.29) is 17.7 Å². The van der Waals surface area contributed by atoms with E-state index in [1.165, 1.54) is 4.90 Å². The molecule has 0 saturated carbocycles. The molecule has 0 bridgehead atoms. The van der Waals surface area contributed by atoms with Crippen LogP contribution in [0.5, 0.6) is 5.75 Å². The number of H-pyrrole nitrogens is 1. The summed E-state index contributed by atoms with van der Waals surface area (Å²) < 4.78 is 0.952. The number of aromatic hydroxyl groups is 1. The van der Waals surface area contributed by atoms with Crippen LogP contribution in [0.25, 0.3) is 10.9 Å². The fourth-order valence-electron chi connectivity index (χ4n) is 4.95. The molecule has 0 spiro atoms. The Hall–Kier alpha value is -2.84. The summed E-state index contributed by atoms with van der Waals surface area (Å²) in [6, 6.07) is 12.1. The predicted octanol–water partition coefficient (Wildman–Crippen LogP) is 3.52. The summed E-state index contributed by atoms with van der Waals surface area (Å²) in [6.07, 6.45) is 0.425. The minimum atomic E-state index is -1.01. The molecule has 2 aromatic carbocycles. The van der Waals surface area contributed by atoms with Gasteiger partial charge in [0.15, 0.2) is 0 Å². The number of rotatable bonds is 4. The lowest BCUT2D eigenvalue weighted by molar-refractivity contribution is -0.133. The average molecular weight is 483 g/mol. The lowest BCUT2D eigenvalue weighted by Crippen LogP contribution is -2.53. The molecule has 0 aliphatic carbocycles. The first-order valence-electron chi connectivity index (χ1n) is 10.2. The number of amides is 3. The minimum absolute atomic E-state index is 0.121. The highest BCUT2D eigenvalue weighted by Crippen LogP contribution is 2.49. The van der Waals surface area contributed by atoms with Crippen LogP contribution in [0.2, 0.25) is 0 Å². The number of phenols is 1. The highest BCUT2D eigenvalue weighted by atomic mass is 79.9. The molecule has 7 nitrogen and oxygen atoms in total. The van der Waals surface area contributed by atoms with Crippen LogP contribution in [0.15, 0.2) is 46.9 Å². The first kappa shape index (κ1) is 20.1.